The number of carbonyl (C=O) groups is 1. The van der Waals surface area contributed by atoms with Crippen LogP contribution in [0.5, 0.6) is 0 Å². The van der Waals surface area contributed by atoms with Gasteiger partial charge in [0.15, 0.2) is 5.16 Å². The van der Waals surface area contributed by atoms with Crippen molar-refractivity contribution in [3.8, 4) is 0 Å². The van der Waals surface area contributed by atoms with Gasteiger partial charge in [0.1, 0.15) is 4.83 Å². The number of thiophene rings is 1. The van der Waals surface area contributed by atoms with Gasteiger partial charge in [0.2, 0.25) is 0 Å². The second-order valence-corrected chi connectivity index (χ2v) is 7.45. The van der Waals surface area contributed by atoms with E-state index in [9.17, 15) is 9.59 Å². The number of fused-ring (bicyclic) bond motifs is 3. The van der Waals surface area contributed by atoms with Gasteiger partial charge >= 0.3 is 5.97 Å². The average Bonchev–Trinajstić information content (AvgIpc) is 2.91. The quantitative estimate of drug-likeness (QED) is 0.470. The summed E-state index contributed by atoms with van der Waals surface area (Å²) in [6.07, 6.45) is 4.36. The van der Waals surface area contributed by atoms with Gasteiger partial charge < -0.3 is 4.74 Å². The smallest absolute Gasteiger partial charge is 0.316 e. The normalized spacial score (nSPS) is 14.0. The van der Waals surface area contributed by atoms with E-state index in [0.717, 1.165) is 29.5 Å². The molecule has 2 heterocycles. The van der Waals surface area contributed by atoms with Crippen LogP contribution in [0.1, 0.15) is 37.1 Å². The molecule has 1 aliphatic carbocycles. The third kappa shape index (κ3) is 3.17. The Labute approximate surface area is 143 Å². The number of ether oxygens (including phenoxy) is 1. The fourth-order valence-corrected chi connectivity index (χ4v) is 5.10. The summed E-state index contributed by atoms with van der Waals surface area (Å²) in [5, 5.41) is 1.41. The van der Waals surface area contributed by atoms with Crippen molar-refractivity contribution < 1.29 is 9.53 Å². The van der Waals surface area contributed by atoms with E-state index in [4.69, 9.17) is 4.74 Å². The minimum absolute atomic E-state index is 0.0308. The molecule has 0 aliphatic heterocycles. The Balaban J connectivity index is 2.02. The van der Waals surface area contributed by atoms with E-state index in [1.165, 1.54) is 28.6 Å². The lowest BCUT2D eigenvalue weighted by atomic mass is 9.97. The number of aromatic nitrogens is 2. The fraction of sp³-hybridized carbons (Fsp3) is 0.562. The first-order valence-electron chi connectivity index (χ1n) is 7.99. The second-order valence-electron chi connectivity index (χ2n) is 5.43. The number of thioether (sulfide) groups is 1. The van der Waals surface area contributed by atoms with Crippen LogP contribution in [0.2, 0.25) is 0 Å². The molecule has 0 radical (unpaired) electrons. The standard InChI is InChI=1S/C16H20N2O3S2/c1-3-18-15(20)13-10-7-5-6-8-11(10)23-14(13)17-16(18)22-9-12(19)21-4-2/h3-9H2,1-2H3. The van der Waals surface area contributed by atoms with E-state index in [1.807, 2.05) is 6.92 Å². The highest BCUT2D eigenvalue weighted by Crippen LogP contribution is 2.34. The summed E-state index contributed by atoms with van der Waals surface area (Å²) in [6.45, 7) is 4.63. The molecule has 7 heteroatoms. The molecule has 23 heavy (non-hydrogen) atoms. The van der Waals surface area contributed by atoms with Crippen molar-refractivity contribution in [1.29, 1.82) is 0 Å². The molecule has 0 atom stereocenters. The van der Waals surface area contributed by atoms with Crippen molar-refractivity contribution >= 4 is 39.3 Å². The van der Waals surface area contributed by atoms with Crippen molar-refractivity contribution in [3.63, 3.8) is 0 Å². The van der Waals surface area contributed by atoms with Crippen molar-refractivity contribution in [2.75, 3.05) is 12.4 Å². The monoisotopic (exact) mass is 352 g/mol. The minimum atomic E-state index is -0.278. The van der Waals surface area contributed by atoms with Gasteiger partial charge in [0.25, 0.3) is 5.56 Å². The zero-order valence-electron chi connectivity index (χ0n) is 13.4. The summed E-state index contributed by atoms with van der Waals surface area (Å²) in [7, 11) is 0. The van der Waals surface area contributed by atoms with Crippen LogP contribution in [0.3, 0.4) is 0 Å². The molecular formula is C16H20N2O3S2. The first-order valence-corrected chi connectivity index (χ1v) is 9.79. The maximum Gasteiger partial charge on any atom is 0.316 e. The van der Waals surface area contributed by atoms with Gasteiger partial charge in [-0.1, -0.05) is 11.8 Å². The highest BCUT2D eigenvalue weighted by molar-refractivity contribution is 7.99. The molecule has 5 nitrogen and oxygen atoms in total. The molecule has 0 spiro atoms. The van der Waals surface area contributed by atoms with E-state index >= 15 is 0 Å². The summed E-state index contributed by atoms with van der Waals surface area (Å²) in [4.78, 5) is 31.3. The summed E-state index contributed by atoms with van der Waals surface area (Å²) in [5.74, 6) is -0.100. The number of hydrogen-bond acceptors (Lipinski definition) is 6. The Morgan fingerprint density at radius 2 is 2.13 bits per heavy atom. The molecule has 2 aromatic heterocycles. The third-order valence-corrected chi connectivity index (χ3v) is 6.12. The lowest BCUT2D eigenvalue weighted by Crippen LogP contribution is -2.23. The Kier molecular flexibility index (Phi) is 5.06. The first-order chi connectivity index (χ1) is 11.2. The zero-order valence-corrected chi connectivity index (χ0v) is 15.0. The number of esters is 1. The first kappa shape index (κ1) is 16.5. The maximum atomic E-state index is 12.9. The van der Waals surface area contributed by atoms with Gasteiger partial charge in [-0.2, -0.15) is 0 Å². The van der Waals surface area contributed by atoms with Crippen LogP contribution in [-0.4, -0.2) is 27.9 Å². The van der Waals surface area contributed by atoms with E-state index in [-0.39, 0.29) is 17.3 Å². The number of rotatable bonds is 5. The second kappa shape index (κ2) is 7.05. The topological polar surface area (TPSA) is 61.2 Å². The molecule has 0 saturated carbocycles. The molecule has 0 bridgehead atoms. The highest BCUT2D eigenvalue weighted by atomic mass is 32.2. The average molecular weight is 352 g/mol. The van der Waals surface area contributed by atoms with Crippen molar-refractivity contribution in [1.82, 2.24) is 9.55 Å². The molecular weight excluding hydrogens is 332 g/mol. The molecule has 124 valence electrons. The molecule has 0 fully saturated rings. The van der Waals surface area contributed by atoms with Crippen molar-refractivity contribution in [2.24, 2.45) is 0 Å². The predicted octanol–water partition coefficient (Wildman–Crippen LogP) is 3.01. The van der Waals surface area contributed by atoms with Crippen molar-refractivity contribution in [3.05, 3.63) is 20.8 Å². The Bertz CT molecular complexity index is 795. The minimum Gasteiger partial charge on any atom is -0.465 e. The van der Waals surface area contributed by atoms with E-state index in [2.05, 4.69) is 4.98 Å². The summed E-state index contributed by atoms with van der Waals surface area (Å²) in [5.41, 5.74) is 1.24. The van der Waals surface area contributed by atoms with Crippen LogP contribution in [0.25, 0.3) is 10.2 Å². The zero-order chi connectivity index (χ0) is 16.4. The summed E-state index contributed by atoms with van der Waals surface area (Å²) < 4.78 is 6.62. The van der Waals surface area contributed by atoms with Crippen LogP contribution in [0.4, 0.5) is 0 Å². The predicted molar refractivity (Wildman–Crippen MR) is 93.6 cm³/mol. The van der Waals surface area contributed by atoms with Gasteiger partial charge in [-0.3, -0.25) is 14.2 Å². The molecule has 1 aliphatic rings. The third-order valence-electron chi connectivity index (χ3n) is 3.98. The van der Waals surface area contributed by atoms with Gasteiger partial charge in [-0.05, 0) is 45.1 Å². The van der Waals surface area contributed by atoms with E-state index in [1.54, 1.807) is 22.8 Å². The Hall–Kier alpha value is -1.34. The molecule has 0 saturated heterocycles. The Morgan fingerprint density at radius 1 is 1.35 bits per heavy atom. The van der Waals surface area contributed by atoms with Gasteiger partial charge in [0.05, 0.1) is 17.7 Å². The number of nitrogens with zero attached hydrogens (tertiary/aromatic N) is 2. The maximum absolute atomic E-state index is 12.9. The molecule has 2 aromatic rings. The SMILES string of the molecule is CCOC(=O)CSc1nc2sc3c(c2c(=O)n1CC)CCCC3. The lowest BCUT2D eigenvalue weighted by molar-refractivity contribution is -0.139. The number of hydrogen-bond donors (Lipinski definition) is 0. The molecule has 0 amide bonds. The van der Waals surface area contributed by atoms with E-state index < -0.39 is 0 Å². The van der Waals surface area contributed by atoms with Crippen LogP contribution in [0, 0.1) is 0 Å². The largest absolute Gasteiger partial charge is 0.465 e. The van der Waals surface area contributed by atoms with E-state index in [0.29, 0.717) is 18.3 Å². The lowest BCUT2D eigenvalue weighted by Gasteiger charge is -2.12. The summed E-state index contributed by atoms with van der Waals surface area (Å²) >= 11 is 2.92. The number of aryl methyl sites for hydroxylation is 2. The van der Waals surface area contributed by atoms with Crippen LogP contribution in [-0.2, 0) is 28.9 Å². The number of carbonyl (C=O) groups excluding carboxylic acids is 1. The van der Waals surface area contributed by atoms with Gasteiger partial charge in [0, 0.05) is 11.4 Å². The van der Waals surface area contributed by atoms with Crippen LogP contribution in [0.15, 0.2) is 9.95 Å². The summed E-state index contributed by atoms with van der Waals surface area (Å²) in [6, 6.07) is 0. The fourth-order valence-electron chi connectivity index (χ4n) is 2.94. The Morgan fingerprint density at radius 3 is 2.87 bits per heavy atom. The van der Waals surface area contributed by atoms with Gasteiger partial charge in [-0.25, -0.2) is 4.98 Å². The molecule has 0 unspecified atom stereocenters. The van der Waals surface area contributed by atoms with Crippen molar-refractivity contribution in [2.45, 2.75) is 51.2 Å². The molecule has 0 aromatic carbocycles. The molecule has 0 N–H and O–H groups in total. The van der Waals surface area contributed by atoms with Crippen LogP contribution >= 0.6 is 23.1 Å². The van der Waals surface area contributed by atoms with Gasteiger partial charge in [-0.15, -0.1) is 11.3 Å². The molecule has 3 rings (SSSR count). The highest BCUT2D eigenvalue weighted by Gasteiger charge is 2.22. The van der Waals surface area contributed by atoms with Crippen LogP contribution < -0.4 is 5.56 Å².